The van der Waals surface area contributed by atoms with E-state index in [1.54, 1.807) is 24.3 Å². The number of anilines is 1. The minimum absolute atomic E-state index is 0.0887. The molecule has 11 heteroatoms. The monoisotopic (exact) mass is 475 g/mol. The van der Waals surface area contributed by atoms with Crippen LogP contribution in [0, 0.1) is 0 Å². The summed E-state index contributed by atoms with van der Waals surface area (Å²) < 4.78 is 27.6. The normalized spacial score (nSPS) is 11.4. The molecule has 2 aromatic carbocycles. The molecule has 0 aliphatic carbocycles. The number of pyridine rings is 1. The molecule has 8 nitrogen and oxygen atoms in total. The van der Waals surface area contributed by atoms with Crippen molar-refractivity contribution in [2.24, 2.45) is 0 Å². The maximum atomic E-state index is 12.5. The molecule has 0 spiro atoms. The summed E-state index contributed by atoms with van der Waals surface area (Å²) in [5.41, 5.74) is 0.240. The number of nitrogens with one attached hydrogen (secondary N) is 2. The number of urea groups is 1. The first-order valence-electron chi connectivity index (χ1n) is 8.78. The predicted octanol–water partition coefficient (Wildman–Crippen LogP) is 3.92. The van der Waals surface area contributed by atoms with Crippen LogP contribution < -0.4 is 15.6 Å². The number of benzene rings is 2. The topological polar surface area (TPSA) is 118 Å². The van der Waals surface area contributed by atoms with E-state index in [1.807, 2.05) is 4.72 Å². The largest absolute Gasteiger partial charge is 0.494 e. The third-order valence-corrected chi connectivity index (χ3v) is 7.39. The average molecular weight is 476 g/mol. The molecule has 0 saturated carbocycles. The van der Waals surface area contributed by atoms with Crippen LogP contribution in [0.5, 0.6) is 5.88 Å². The molecule has 4 rings (SSSR count). The van der Waals surface area contributed by atoms with Crippen molar-refractivity contribution in [3.63, 3.8) is 0 Å². The van der Waals surface area contributed by atoms with Gasteiger partial charge in [-0.1, -0.05) is 29.8 Å². The smallest absolute Gasteiger partial charge is 0.333 e. The molecule has 158 valence electrons. The number of aromatic hydroxyl groups is 1. The Morgan fingerprint density at radius 3 is 2.42 bits per heavy atom. The van der Waals surface area contributed by atoms with Gasteiger partial charge in [0.1, 0.15) is 4.21 Å². The summed E-state index contributed by atoms with van der Waals surface area (Å²) in [6.45, 7) is 0. The number of hydrogen-bond donors (Lipinski definition) is 3. The van der Waals surface area contributed by atoms with Crippen LogP contribution in [0.1, 0.15) is 0 Å². The highest BCUT2D eigenvalue weighted by molar-refractivity contribution is 7.92. The van der Waals surface area contributed by atoms with E-state index in [1.165, 1.54) is 42.5 Å². The van der Waals surface area contributed by atoms with Crippen molar-refractivity contribution >= 4 is 55.5 Å². The van der Waals surface area contributed by atoms with Crippen molar-refractivity contribution in [2.75, 3.05) is 5.32 Å². The van der Waals surface area contributed by atoms with E-state index in [2.05, 4.69) is 5.32 Å². The van der Waals surface area contributed by atoms with Crippen molar-refractivity contribution < 1.29 is 18.3 Å². The molecule has 0 aliphatic heterocycles. The molecule has 0 bridgehead atoms. The Bertz CT molecular complexity index is 1460. The maximum Gasteiger partial charge on any atom is 0.333 e. The van der Waals surface area contributed by atoms with E-state index < -0.39 is 21.6 Å². The summed E-state index contributed by atoms with van der Waals surface area (Å²) in [5, 5.41) is 14.1. The van der Waals surface area contributed by atoms with Crippen molar-refractivity contribution in [3.8, 4) is 11.6 Å². The molecule has 2 heterocycles. The number of carbonyl (C=O) groups excluding carboxylic acids is 1. The number of rotatable bonds is 4. The molecule has 0 unspecified atom stereocenters. The Morgan fingerprint density at radius 1 is 1.03 bits per heavy atom. The molecule has 0 fully saturated rings. The Kier molecular flexibility index (Phi) is 5.44. The zero-order valence-electron chi connectivity index (χ0n) is 15.6. The number of carbonyl (C=O) groups is 1. The van der Waals surface area contributed by atoms with Gasteiger partial charge in [-0.15, -0.1) is 11.3 Å². The average Bonchev–Trinajstić information content (AvgIpc) is 3.16. The molecule has 2 amide bonds. The summed E-state index contributed by atoms with van der Waals surface area (Å²) in [7, 11) is -4.05. The fraction of sp³-hybridized carbons (Fsp3) is 0. The molecular formula is C20H14ClN3O5S2. The molecule has 0 radical (unpaired) electrons. The lowest BCUT2D eigenvalue weighted by Gasteiger charge is -2.12. The number of nitrogens with zero attached hydrogens (tertiary/aromatic N) is 1. The van der Waals surface area contributed by atoms with Gasteiger partial charge in [-0.25, -0.2) is 22.5 Å². The maximum absolute atomic E-state index is 12.5. The highest BCUT2D eigenvalue weighted by Gasteiger charge is 2.20. The van der Waals surface area contributed by atoms with E-state index in [-0.39, 0.29) is 20.1 Å². The van der Waals surface area contributed by atoms with Crippen LogP contribution >= 0.6 is 22.9 Å². The van der Waals surface area contributed by atoms with E-state index in [4.69, 9.17) is 11.6 Å². The second kappa shape index (κ2) is 8.06. The number of thiophene rings is 1. The number of amides is 2. The second-order valence-corrected chi connectivity index (χ2v) is 10.0. The first-order chi connectivity index (χ1) is 14.7. The molecule has 0 saturated heterocycles. The van der Waals surface area contributed by atoms with Gasteiger partial charge in [-0.3, -0.25) is 4.79 Å². The third kappa shape index (κ3) is 4.26. The number of halogens is 1. The summed E-state index contributed by atoms with van der Waals surface area (Å²) in [4.78, 5) is 24.6. The van der Waals surface area contributed by atoms with Gasteiger partial charge in [0.2, 0.25) is 5.88 Å². The van der Waals surface area contributed by atoms with Crippen LogP contribution in [0.3, 0.4) is 0 Å². The Hall–Kier alpha value is -3.34. The zero-order valence-corrected chi connectivity index (χ0v) is 18.0. The van der Waals surface area contributed by atoms with Gasteiger partial charge in [0, 0.05) is 17.1 Å². The van der Waals surface area contributed by atoms with Crippen LogP contribution in [0.25, 0.3) is 16.5 Å². The van der Waals surface area contributed by atoms with Crippen molar-refractivity contribution in [1.82, 2.24) is 9.29 Å². The summed E-state index contributed by atoms with van der Waals surface area (Å²) in [6, 6.07) is 16.1. The van der Waals surface area contributed by atoms with Crippen LogP contribution in [-0.4, -0.2) is 24.1 Å². The van der Waals surface area contributed by atoms with Crippen LogP contribution in [0.15, 0.2) is 75.7 Å². The highest BCUT2D eigenvalue weighted by atomic mass is 35.5. The van der Waals surface area contributed by atoms with Gasteiger partial charge in [-0.2, -0.15) is 0 Å². The molecular weight excluding hydrogens is 462 g/mol. The first kappa shape index (κ1) is 20.9. The molecule has 4 aromatic rings. The van der Waals surface area contributed by atoms with E-state index >= 15 is 0 Å². The SMILES string of the molecule is O=C(Nc1ccc(-n2c(O)c3ccccc3cc2=O)cc1)NS(=O)(=O)c1ccc(Cl)s1. The Labute approximate surface area is 185 Å². The standard InChI is InChI=1S/C20H14ClN3O5S2/c21-16-9-10-18(30-16)31(28,29)23-20(27)22-13-5-7-14(8-6-13)24-17(25)11-12-3-1-2-4-15(12)19(24)26/h1-11,26H,(H2,22,23,27). The van der Waals surface area contributed by atoms with Crippen molar-refractivity contribution in [3.05, 3.63) is 81.4 Å². The van der Waals surface area contributed by atoms with E-state index in [0.29, 0.717) is 16.5 Å². The Balaban J connectivity index is 1.55. The zero-order chi connectivity index (χ0) is 22.2. The minimum Gasteiger partial charge on any atom is -0.494 e. The molecule has 0 aliphatic rings. The predicted molar refractivity (Wildman–Crippen MR) is 120 cm³/mol. The third-order valence-electron chi connectivity index (χ3n) is 4.34. The number of hydrogen-bond acceptors (Lipinski definition) is 6. The lowest BCUT2D eigenvalue weighted by molar-refractivity contribution is 0.256. The minimum atomic E-state index is -4.05. The summed E-state index contributed by atoms with van der Waals surface area (Å²) in [5.74, 6) is -0.206. The van der Waals surface area contributed by atoms with Gasteiger partial charge < -0.3 is 10.4 Å². The number of fused-ring (bicyclic) bond motifs is 1. The molecule has 31 heavy (non-hydrogen) atoms. The second-order valence-electron chi connectivity index (χ2n) is 6.39. The lowest BCUT2D eigenvalue weighted by atomic mass is 10.1. The van der Waals surface area contributed by atoms with Gasteiger partial charge in [0.05, 0.1) is 10.0 Å². The van der Waals surface area contributed by atoms with Crippen molar-refractivity contribution in [2.45, 2.75) is 4.21 Å². The fourth-order valence-electron chi connectivity index (χ4n) is 2.96. The Morgan fingerprint density at radius 2 is 1.74 bits per heavy atom. The van der Waals surface area contributed by atoms with E-state index in [0.717, 1.165) is 15.9 Å². The lowest BCUT2D eigenvalue weighted by Crippen LogP contribution is -2.33. The molecule has 3 N–H and O–H groups in total. The fourth-order valence-corrected chi connectivity index (χ4v) is 5.35. The highest BCUT2D eigenvalue weighted by Crippen LogP contribution is 2.26. The number of aromatic nitrogens is 1. The molecule has 0 atom stereocenters. The van der Waals surface area contributed by atoms with Gasteiger partial charge in [0.25, 0.3) is 15.6 Å². The van der Waals surface area contributed by atoms with Gasteiger partial charge in [-0.05, 0) is 47.9 Å². The van der Waals surface area contributed by atoms with Crippen LogP contribution in [0.4, 0.5) is 10.5 Å². The summed E-state index contributed by atoms with van der Waals surface area (Å²) >= 11 is 6.56. The van der Waals surface area contributed by atoms with E-state index in [9.17, 15) is 23.1 Å². The number of sulfonamides is 1. The van der Waals surface area contributed by atoms with Gasteiger partial charge in [0.15, 0.2) is 0 Å². The molecule has 2 aromatic heterocycles. The summed E-state index contributed by atoms with van der Waals surface area (Å²) in [6.07, 6.45) is 0. The van der Waals surface area contributed by atoms with Crippen LogP contribution in [0.2, 0.25) is 4.34 Å². The first-order valence-corrected chi connectivity index (χ1v) is 11.5. The van der Waals surface area contributed by atoms with Crippen molar-refractivity contribution in [1.29, 1.82) is 0 Å². The quantitative estimate of drug-likeness (QED) is 0.413. The van der Waals surface area contributed by atoms with Crippen LogP contribution in [-0.2, 0) is 10.0 Å². The van der Waals surface area contributed by atoms with Gasteiger partial charge >= 0.3 is 6.03 Å².